The summed E-state index contributed by atoms with van der Waals surface area (Å²) in [5, 5.41) is 0. The molecule has 0 saturated carbocycles. The van der Waals surface area contributed by atoms with E-state index in [4.69, 9.17) is 9.47 Å². The molecule has 0 unspecified atom stereocenters. The van der Waals surface area contributed by atoms with Crippen LogP contribution in [0.15, 0.2) is 59.2 Å². The van der Waals surface area contributed by atoms with E-state index in [-0.39, 0.29) is 18.3 Å². The predicted molar refractivity (Wildman–Crippen MR) is 105 cm³/mol. The third kappa shape index (κ3) is 2.58. The lowest BCUT2D eigenvalue weighted by Gasteiger charge is -2.28. The Kier molecular flexibility index (Phi) is 4.30. The Hall–Kier alpha value is -2.60. The highest BCUT2D eigenvalue weighted by Crippen LogP contribution is 2.56. The van der Waals surface area contributed by atoms with Crippen molar-refractivity contribution < 1.29 is 19.1 Å². The summed E-state index contributed by atoms with van der Waals surface area (Å²) in [6, 6.07) is 13.0. The lowest BCUT2D eigenvalue weighted by molar-refractivity contribution is -0.157. The van der Waals surface area contributed by atoms with Gasteiger partial charge in [-0.15, -0.1) is 0 Å². The summed E-state index contributed by atoms with van der Waals surface area (Å²) in [7, 11) is 1.60. The van der Waals surface area contributed by atoms with E-state index in [0.29, 0.717) is 5.56 Å². The molecule has 1 spiro atoms. The zero-order chi connectivity index (χ0) is 19.2. The van der Waals surface area contributed by atoms with E-state index in [0.717, 1.165) is 21.5 Å². The Morgan fingerprint density at radius 2 is 1.96 bits per heavy atom. The lowest BCUT2D eigenvalue weighted by atomic mass is 9.78. The second-order valence-electron chi connectivity index (χ2n) is 6.56. The highest BCUT2D eigenvalue weighted by molar-refractivity contribution is 9.10. The van der Waals surface area contributed by atoms with Crippen LogP contribution < -0.4 is 9.64 Å². The number of rotatable bonds is 3. The molecule has 1 fully saturated rings. The first-order chi connectivity index (χ1) is 13.0. The van der Waals surface area contributed by atoms with Crippen LogP contribution in [0.4, 0.5) is 5.69 Å². The van der Waals surface area contributed by atoms with Crippen LogP contribution in [0, 0.1) is 0 Å². The molecular weight excluding hydrogens is 410 g/mol. The number of allylic oxidation sites excluding steroid dienone is 1. The third-order valence-corrected chi connectivity index (χ3v) is 5.60. The molecule has 5 nitrogen and oxygen atoms in total. The van der Waals surface area contributed by atoms with Crippen LogP contribution in [-0.2, 0) is 19.9 Å². The monoisotopic (exact) mass is 427 g/mol. The van der Waals surface area contributed by atoms with Gasteiger partial charge >= 0.3 is 5.97 Å². The van der Waals surface area contributed by atoms with Gasteiger partial charge in [0.05, 0.1) is 19.2 Å². The summed E-state index contributed by atoms with van der Waals surface area (Å²) in [5.74, 6) is -0.320. The lowest BCUT2D eigenvalue weighted by Crippen LogP contribution is -2.41. The van der Waals surface area contributed by atoms with E-state index in [1.54, 1.807) is 24.3 Å². The van der Waals surface area contributed by atoms with Crippen LogP contribution >= 0.6 is 15.9 Å². The number of nitrogens with zero attached hydrogens (tertiary/aromatic N) is 1. The number of benzene rings is 2. The predicted octanol–water partition coefficient (Wildman–Crippen LogP) is 4.26. The quantitative estimate of drug-likeness (QED) is 0.686. The Labute approximate surface area is 165 Å². The molecule has 4 rings (SSSR count). The Balaban J connectivity index is 1.92. The number of amides is 1. The first kappa shape index (κ1) is 17.8. The molecule has 138 valence electrons. The first-order valence-corrected chi connectivity index (χ1v) is 9.43. The number of esters is 1. The maximum Gasteiger partial charge on any atom is 0.308 e. The summed E-state index contributed by atoms with van der Waals surface area (Å²) in [5.41, 5.74) is 0.939. The van der Waals surface area contributed by atoms with Gasteiger partial charge in [0, 0.05) is 22.2 Å². The van der Waals surface area contributed by atoms with Gasteiger partial charge in [-0.3, -0.25) is 14.5 Å². The fourth-order valence-electron chi connectivity index (χ4n) is 3.94. The fraction of sp³-hybridized carbons (Fsp3) is 0.238. The summed E-state index contributed by atoms with van der Waals surface area (Å²) in [6.07, 6.45) is 3.65. The van der Waals surface area contributed by atoms with E-state index in [2.05, 4.69) is 15.9 Å². The average molecular weight is 428 g/mol. The van der Waals surface area contributed by atoms with Gasteiger partial charge in [0.25, 0.3) is 5.91 Å². The van der Waals surface area contributed by atoms with E-state index in [1.165, 1.54) is 0 Å². The van der Waals surface area contributed by atoms with Gasteiger partial charge < -0.3 is 9.47 Å². The van der Waals surface area contributed by atoms with Crippen LogP contribution in [0.1, 0.15) is 30.4 Å². The van der Waals surface area contributed by atoms with E-state index >= 15 is 0 Å². The number of ether oxygens (including phenoxy) is 2. The molecule has 2 heterocycles. The molecule has 1 amide bonds. The zero-order valence-electron chi connectivity index (χ0n) is 14.9. The molecule has 0 N–H and O–H groups in total. The van der Waals surface area contributed by atoms with E-state index in [1.807, 2.05) is 49.4 Å². The number of fused-ring (bicyclic) bond motifs is 2. The minimum Gasteiger partial charge on any atom is -0.497 e. The first-order valence-electron chi connectivity index (χ1n) is 8.63. The maximum absolute atomic E-state index is 13.5. The summed E-state index contributed by atoms with van der Waals surface area (Å²) in [6.45, 7) is 1.85. The second-order valence-corrected chi connectivity index (χ2v) is 7.47. The van der Waals surface area contributed by atoms with Gasteiger partial charge in [0.1, 0.15) is 5.75 Å². The smallest absolute Gasteiger partial charge is 0.308 e. The van der Waals surface area contributed by atoms with Gasteiger partial charge in [-0.2, -0.15) is 0 Å². The van der Waals surface area contributed by atoms with Crippen molar-refractivity contribution in [2.24, 2.45) is 0 Å². The number of carbonyl (C=O) groups is 2. The minimum absolute atomic E-state index is 0.147. The highest BCUT2D eigenvalue weighted by atomic mass is 79.9. The van der Waals surface area contributed by atoms with Crippen molar-refractivity contribution in [1.82, 2.24) is 0 Å². The standard InChI is InChI=1S/C21H18BrNO4/c1-3-10-23-18-9-6-14(22)11-17(18)21(20(23)25)16(12-19(24)27-21)13-4-7-15(26-2)8-5-13/h3-11,16H,12H2,1-2H3/b10-3-/t16-,21-/m0/s1. The van der Waals surface area contributed by atoms with Gasteiger partial charge in [-0.25, -0.2) is 0 Å². The largest absolute Gasteiger partial charge is 0.497 e. The van der Waals surface area contributed by atoms with Crippen LogP contribution in [0.3, 0.4) is 0 Å². The minimum atomic E-state index is -1.36. The van der Waals surface area contributed by atoms with Crippen LogP contribution in [-0.4, -0.2) is 19.0 Å². The fourth-order valence-corrected chi connectivity index (χ4v) is 4.30. The molecule has 2 aliphatic heterocycles. The third-order valence-electron chi connectivity index (χ3n) is 5.11. The van der Waals surface area contributed by atoms with Crippen molar-refractivity contribution >= 4 is 33.5 Å². The van der Waals surface area contributed by atoms with Crippen LogP contribution in [0.2, 0.25) is 0 Å². The normalized spacial score (nSPS) is 24.0. The second kappa shape index (κ2) is 6.53. The molecule has 0 aliphatic carbocycles. The maximum atomic E-state index is 13.5. The van der Waals surface area contributed by atoms with Crippen molar-refractivity contribution in [3.63, 3.8) is 0 Å². The van der Waals surface area contributed by atoms with Crippen molar-refractivity contribution in [3.05, 3.63) is 70.3 Å². The summed E-state index contributed by atoms with van der Waals surface area (Å²) >= 11 is 3.48. The number of carbonyl (C=O) groups excluding carboxylic acids is 2. The van der Waals surface area contributed by atoms with Gasteiger partial charge in [-0.05, 0) is 42.8 Å². The SMILES string of the molecule is C/C=C\N1C(=O)[C@@]2(OC(=O)C[C@H]2c2ccc(OC)cc2)c2cc(Br)ccc21. The summed E-state index contributed by atoms with van der Waals surface area (Å²) < 4.78 is 11.8. The average Bonchev–Trinajstić information content (AvgIpc) is 3.13. The van der Waals surface area contributed by atoms with Crippen molar-refractivity contribution in [2.75, 3.05) is 12.0 Å². The number of halogens is 1. The molecule has 27 heavy (non-hydrogen) atoms. The summed E-state index contributed by atoms with van der Waals surface area (Å²) in [4.78, 5) is 27.4. The van der Waals surface area contributed by atoms with Gasteiger partial charge in [0.15, 0.2) is 0 Å². The highest BCUT2D eigenvalue weighted by Gasteiger charge is 2.63. The van der Waals surface area contributed by atoms with Gasteiger partial charge in [0.2, 0.25) is 5.60 Å². The number of anilines is 1. The van der Waals surface area contributed by atoms with Crippen LogP contribution in [0.25, 0.3) is 0 Å². The molecule has 6 heteroatoms. The van der Waals surface area contributed by atoms with Gasteiger partial charge in [-0.1, -0.05) is 34.1 Å². The van der Waals surface area contributed by atoms with Crippen LogP contribution in [0.5, 0.6) is 5.75 Å². The Morgan fingerprint density at radius 3 is 2.63 bits per heavy atom. The molecule has 1 saturated heterocycles. The molecule has 2 aromatic carbocycles. The van der Waals surface area contributed by atoms with Crippen molar-refractivity contribution in [1.29, 1.82) is 0 Å². The van der Waals surface area contributed by atoms with Crippen molar-refractivity contribution in [3.8, 4) is 5.75 Å². The molecular formula is C21H18BrNO4. The zero-order valence-corrected chi connectivity index (χ0v) is 16.5. The molecule has 2 aromatic rings. The molecule has 2 atom stereocenters. The van der Waals surface area contributed by atoms with E-state index < -0.39 is 11.5 Å². The van der Waals surface area contributed by atoms with Crippen molar-refractivity contribution in [2.45, 2.75) is 24.9 Å². The number of methoxy groups -OCH3 is 1. The molecule has 0 bridgehead atoms. The molecule has 0 radical (unpaired) electrons. The Morgan fingerprint density at radius 1 is 1.22 bits per heavy atom. The molecule has 0 aromatic heterocycles. The molecule has 2 aliphatic rings. The van der Waals surface area contributed by atoms with E-state index in [9.17, 15) is 9.59 Å². The number of hydrogen-bond acceptors (Lipinski definition) is 4. The number of hydrogen-bond donors (Lipinski definition) is 0. The Bertz CT molecular complexity index is 953. The topological polar surface area (TPSA) is 55.8 Å².